The molecule has 0 aliphatic carbocycles. The molecule has 1 aliphatic heterocycles. The highest BCUT2D eigenvalue weighted by atomic mass is 16.4. The molecule has 0 aromatic rings. The maximum Gasteiger partial charge on any atom is 0.324 e. The molecular weight excluding hydrogens is 202 g/mol. The van der Waals surface area contributed by atoms with Gasteiger partial charge >= 0.3 is 5.97 Å². The van der Waals surface area contributed by atoms with E-state index in [1.54, 1.807) is 0 Å². The first-order chi connectivity index (χ1) is 7.53. The average Bonchev–Trinajstić information content (AvgIpc) is 2.60. The maximum atomic E-state index is 11.5. The molecule has 1 saturated heterocycles. The number of hydrogen-bond acceptors (Lipinski definition) is 2. The van der Waals surface area contributed by atoms with E-state index in [0.717, 1.165) is 45.2 Å². The first kappa shape index (κ1) is 13.5. The quantitative estimate of drug-likeness (QED) is 0.758. The molecule has 0 bridgehead atoms. The molecule has 1 aliphatic rings. The van der Waals surface area contributed by atoms with Crippen LogP contribution in [0.1, 0.15) is 52.9 Å². The van der Waals surface area contributed by atoms with Crippen molar-refractivity contribution < 1.29 is 9.90 Å². The highest BCUT2D eigenvalue weighted by molar-refractivity contribution is 5.79. The van der Waals surface area contributed by atoms with Gasteiger partial charge in [-0.15, -0.1) is 0 Å². The first-order valence-electron chi connectivity index (χ1n) is 6.51. The van der Waals surface area contributed by atoms with E-state index >= 15 is 0 Å². The first-order valence-corrected chi connectivity index (χ1v) is 6.51. The fraction of sp³-hybridized carbons (Fsp3) is 0.923. The van der Waals surface area contributed by atoms with E-state index in [2.05, 4.69) is 25.7 Å². The van der Waals surface area contributed by atoms with E-state index in [-0.39, 0.29) is 0 Å². The van der Waals surface area contributed by atoms with Gasteiger partial charge in [0, 0.05) is 0 Å². The topological polar surface area (TPSA) is 40.5 Å². The van der Waals surface area contributed by atoms with Gasteiger partial charge in [0.25, 0.3) is 0 Å². The number of hydrogen-bond donors (Lipinski definition) is 1. The standard InChI is InChI=1S/C13H25NO2/c1-4-7-13(12(15)16)8-5-9-14(13)10-6-11(2)3/h11H,4-10H2,1-3H3,(H,15,16). The van der Waals surface area contributed by atoms with Gasteiger partial charge < -0.3 is 5.11 Å². The molecule has 0 radical (unpaired) electrons. The Balaban J connectivity index is 2.69. The summed E-state index contributed by atoms with van der Waals surface area (Å²) in [7, 11) is 0. The van der Waals surface area contributed by atoms with Gasteiger partial charge in [-0.2, -0.15) is 0 Å². The lowest BCUT2D eigenvalue weighted by atomic mass is 9.90. The molecule has 1 unspecified atom stereocenters. The van der Waals surface area contributed by atoms with E-state index in [1.165, 1.54) is 0 Å². The Morgan fingerprint density at radius 1 is 1.50 bits per heavy atom. The number of aliphatic carboxylic acids is 1. The number of carboxylic acids is 1. The zero-order chi connectivity index (χ0) is 12.2. The van der Waals surface area contributed by atoms with E-state index < -0.39 is 11.5 Å². The average molecular weight is 227 g/mol. The molecule has 1 heterocycles. The largest absolute Gasteiger partial charge is 0.480 e. The number of nitrogens with zero attached hydrogens (tertiary/aromatic N) is 1. The molecular formula is C13H25NO2. The SMILES string of the molecule is CCCC1(C(=O)O)CCCN1CCC(C)C. The molecule has 1 rings (SSSR count). The van der Waals surface area contributed by atoms with Crippen LogP contribution in [-0.2, 0) is 4.79 Å². The lowest BCUT2D eigenvalue weighted by molar-refractivity contribution is -0.150. The highest BCUT2D eigenvalue weighted by Gasteiger charge is 2.46. The second kappa shape index (κ2) is 5.67. The van der Waals surface area contributed by atoms with Crippen molar-refractivity contribution in [3.63, 3.8) is 0 Å². The van der Waals surface area contributed by atoms with Crippen molar-refractivity contribution in [1.29, 1.82) is 0 Å². The fourth-order valence-corrected chi connectivity index (χ4v) is 2.72. The fourth-order valence-electron chi connectivity index (χ4n) is 2.72. The van der Waals surface area contributed by atoms with Crippen LogP contribution in [0.5, 0.6) is 0 Å². The van der Waals surface area contributed by atoms with Crippen LogP contribution in [0.2, 0.25) is 0 Å². The van der Waals surface area contributed by atoms with Crippen molar-refractivity contribution in [2.75, 3.05) is 13.1 Å². The Bertz CT molecular complexity index is 240. The zero-order valence-corrected chi connectivity index (χ0v) is 10.8. The zero-order valence-electron chi connectivity index (χ0n) is 10.8. The van der Waals surface area contributed by atoms with Crippen LogP contribution >= 0.6 is 0 Å². The maximum absolute atomic E-state index is 11.5. The Labute approximate surface area is 98.8 Å². The molecule has 16 heavy (non-hydrogen) atoms. The van der Waals surface area contributed by atoms with E-state index in [4.69, 9.17) is 0 Å². The van der Waals surface area contributed by atoms with E-state index in [1.807, 2.05) is 0 Å². The number of carbonyl (C=O) groups is 1. The monoisotopic (exact) mass is 227 g/mol. The Hall–Kier alpha value is -0.570. The van der Waals surface area contributed by atoms with Gasteiger partial charge in [-0.1, -0.05) is 27.2 Å². The summed E-state index contributed by atoms with van der Waals surface area (Å²) < 4.78 is 0. The minimum atomic E-state index is -0.615. The van der Waals surface area contributed by atoms with Crippen LogP contribution in [0, 0.1) is 5.92 Å². The molecule has 3 nitrogen and oxygen atoms in total. The summed E-state index contributed by atoms with van der Waals surface area (Å²) in [6.45, 7) is 8.35. The van der Waals surface area contributed by atoms with Gasteiger partial charge in [-0.25, -0.2) is 0 Å². The third-order valence-electron chi connectivity index (χ3n) is 3.66. The van der Waals surface area contributed by atoms with Gasteiger partial charge in [0.2, 0.25) is 0 Å². The van der Waals surface area contributed by atoms with Crippen molar-refractivity contribution in [3.05, 3.63) is 0 Å². The van der Waals surface area contributed by atoms with Crippen LogP contribution in [0.4, 0.5) is 0 Å². The molecule has 1 fully saturated rings. The van der Waals surface area contributed by atoms with Crippen molar-refractivity contribution >= 4 is 5.97 Å². The van der Waals surface area contributed by atoms with Crippen molar-refractivity contribution in [2.45, 2.75) is 58.4 Å². The van der Waals surface area contributed by atoms with Crippen molar-refractivity contribution in [3.8, 4) is 0 Å². The van der Waals surface area contributed by atoms with Crippen LogP contribution < -0.4 is 0 Å². The van der Waals surface area contributed by atoms with Crippen LogP contribution in [0.25, 0.3) is 0 Å². The van der Waals surface area contributed by atoms with E-state index in [0.29, 0.717) is 5.92 Å². The summed E-state index contributed by atoms with van der Waals surface area (Å²) in [6.07, 6.45) is 4.70. The number of carboxylic acid groups (broad SMARTS) is 1. The number of rotatable bonds is 6. The second-order valence-corrected chi connectivity index (χ2v) is 5.36. The molecule has 0 spiro atoms. The summed E-state index contributed by atoms with van der Waals surface area (Å²) in [5.74, 6) is 0.0318. The summed E-state index contributed by atoms with van der Waals surface area (Å²) >= 11 is 0. The Morgan fingerprint density at radius 2 is 2.19 bits per heavy atom. The van der Waals surface area contributed by atoms with Crippen LogP contribution in [0.3, 0.4) is 0 Å². The van der Waals surface area contributed by atoms with Gasteiger partial charge in [-0.05, 0) is 44.7 Å². The second-order valence-electron chi connectivity index (χ2n) is 5.36. The smallest absolute Gasteiger partial charge is 0.324 e. The molecule has 1 N–H and O–H groups in total. The molecule has 0 aromatic carbocycles. The molecule has 94 valence electrons. The van der Waals surface area contributed by atoms with Gasteiger partial charge in [0.1, 0.15) is 5.54 Å². The molecule has 0 saturated carbocycles. The Kier molecular flexibility index (Phi) is 4.78. The van der Waals surface area contributed by atoms with Crippen molar-refractivity contribution in [1.82, 2.24) is 4.90 Å². The molecule has 1 atom stereocenters. The minimum absolute atomic E-state index is 0.552. The van der Waals surface area contributed by atoms with Crippen LogP contribution in [-0.4, -0.2) is 34.6 Å². The summed E-state index contributed by atoms with van der Waals surface area (Å²) in [5.41, 5.74) is -0.552. The van der Waals surface area contributed by atoms with E-state index in [9.17, 15) is 9.90 Å². The third kappa shape index (κ3) is 2.76. The predicted octanol–water partition coefficient (Wildman–Crippen LogP) is 2.75. The van der Waals surface area contributed by atoms with Crippen molar-refractivity contribution in [2.24, 2.45) is 5.92 Å². The minimum Gasteiger partial charge on any atom is -0.480 e. The van der Waals surface area contributed by atoms with Gasteiger partial charge in [0.15, 0.2) is 0 Å². The lowest BCUT2D eigenvalue weighted by Gasteiger charge is -2.35. The third-order valence-corrected chi connectivity index (χ3v) is 3.66. The summed E-state index contributed by atoms with van der Waals surface area (Å²) in [5, 5.41) is 9.49. The normalized spacial score (nSPS) is 26.5. The Morgan fingerprint density at radius 3 is 2.69 bits per heavy atom. The summed E-state index contributed by atoms with van der Waals surface area (Å²) in [6, 6.07) is 0. The molecule has 0 amide bonds. The predicted molar refractivity (Wildman–Crippen MR) is 65.5 cm³/mol. The molecule has 3 heteroatoms. The summed E-state index contributed by atoms with van der Waals surface area (Å²) in [4.78, 5) is 13.7. The molecule has 0 aromatic heterocycles. The lowest BCUT2D eigenvalue weighted by Crippen LogP contribution is -2.50. The van der Waals surface area contributed by atoms with Gasteiger partial charge in [-0.3, -0.25) is 9.69 Å². The van der Waals surface area contributed by atoms with Crippen LogP contribution in [0.15, 0.2) is 0 Å². The number of likely N-dealkylation sites (tertiary alicyclic amines) is 1. The highest BCUT2D eigenvalue weighted by Crippen LogP contribution is 2.34. The van der Waals surface area contributed by atoms with Gasteiger partial charge in [0.05, 0.1) is 0 Å².